The number of sulfonamides is 1. The molecule has 1 aromatic carbocycles. The molecule has 1 saturated carbocycles. The lowest BCUT2D eigenvalue weighted by Crippen LogP contribution is -2.48. The number of likely N-dealkylation sites (tertiary alicyclic amines) is 1. The second-order valence-electron chi connectivity index (χ2n) is 8.68. The largest absolute Gasteiger partial charge is 0.355 e. The number of carbonyl (C=O) groups is 2. The number of nitrogens with zero attached hydrogens (tertiary/aromatic N) is 1. The maximum Gasteiger partial charge on any atom is 0.238 e. The van der Waals surface area contributed by atoms with Crippen molar-refractivity contribution >= 4 is 21.8 Å². The van der Waals surface area contributed by atoms with Gasteiger partial charge in [-0.25, -0.2) is 13.6 Å². The van der Waals surface area contributed by atoms with Crippen LogP contribution in [-0.4, -0.2) is 57.4 Å². The van der Waals surface area contributed by atoms with Crippen LogP contribution >= 0.6 is 0 Å². The molecule has 2 fully saturated rings. The molecule has 31 heavy (non-hydrogen) atoms. The van der Waals surface area contributed by atoms with Crippen molar-refractivity contribution in [1.29, 1.82) is 0 Å². The summed E-state index contributed by atoms with van der Waals surface area (Å²) >= 11 is 0. The summed E-state index contributed by atoms with van der Waals surface area (Å²) in [7, 11) is -3.69. The Morgan fingerprint density at radius 2 is 1.65 bits per heavy atom. The Hall–Kier alpha value is -1.97. The summed E-state index contributed by atoms with van der Waals surface area (Å²) in [4.78, 5) is 26.8. The van der Waals surface area contributed by atoms with Crippen molar-refractivity contribution in [3.8, 4) is 0 Å². The summed E-state index contributed by atoms with van der Waals surface area (Å²) in [5, 5.41) is 11.2. The highest BCUT2D eigenvalue weighted by atomic mass is 32.2. The molecular weight excluding hydrogens is 416 g/mol. The molecule has 0 unspecified atom stereocenters. The van der Waals surface area contributed by atoms with E-state index in [1.807, 2.05) is 0 Å². The molecule has 0 bridgehead atoms. The number of hydrogen-bond acceptors (Lipinski definition) is 5. The van der Waals surface area contributed by atoms with E-state index in [1.165, 1.54) is 18.6 Å². The second kappa shape index (κ2) is 11.1. The third-order valence-electron chi connectivity index (χ3n) is 6.26. The molecule has 1 aliphatic heterocycles. The maximum absolute atomic E-state index is 12.4. The average Bonchev–Trinajstić information content (AvgIpc) is 2.75. The molecule has 0 spiro atoms. The van der Waals surface area contributed by atoms with Gasteiger partial charge in [0.05, 0.1) is 11.4 Å². The first kappa shape index (κ1) is 23.7. The number of nitrogens with one attached hydrogen (secondary N) is 2. The number of rotatable bonds is 8. The predicted molar refractivity (Wildman–Crippen MR) is 119 cm³/mol. The van der Waals surface area contributed by atoms with Gasteiger partial charge in [-0.15, -0.1) is 0 Å². The highest BCUT2D eigenvalue weighted by Crippen LogP contribution is 2.24. The Morgan fingerprint density at radius 1 is 1.00 bits per heavy atom. The normalized spacial score (nSPS) is 19.1. The first-order valence-corrected chi connectivity index (χ1v) is 12.8. The number of nitrogens with two attached hydrogens (primary N) is 1. The van der Waals surface area contributed by atoms with E-state index >= 15 is 0 Å². The molecule has 172 valence electrons. The molecule has 8 nitrogen and oxygen atoms in total. The Bertz CT molecular complexity index is 843. The third kappa shape index (κ3) is 7.59. The fourth-order valence-electron chi connectivity index (χ4n) is 4.37. The highest BCUT2D eigenvalue weighted by molar-refractivity contribution is 7.89. The Labute approximate surface area is 185 Å². The lowest BCUT2D eigenvalue weighted by Gasteiger charge is -2.33. The van der Waals surface area contributed by atoms with Crippen molar-refractivity contribution in [2.24, 2.45) is 11.1 Å². The average molecular weight is 451 g/mol. The van der Waals surface area contributed by atoms with Gasteiger partial charge in [-0.3, -0.25) is 14.5 Å². The molecule has 1 saturated heterocycles. The molecule has 1 heterocycles. The smallest absolute Gasteiger partial charge is 0.238 e. The van der Waals surface area contributed by atoms with Gasteiger partial charge >= 0.3 is 0 Å². The van der Waals surface area contributed by atoms with Gasteiger partial charge in [0.2, 0.25) is 21.8 Å². The quantitative estimate of drug-likeness (QED) is 0.549. The van der Waals surface area contributed by atoms with E-state index in [0.717, 1.165) is 57.2 Å². The molecule has 3 rings (SSSR count). The van der Waals surface area contributed by atoms with Crippen LogP contribution in [0.1, 0.15) is 50.5 Å². The van der Waals surface area contributed by atoms with E-state index in [1.54, 1.807) is 12.1 Å². The summed E-state index contributed by atoms with van der Waals surface area (Å²) in [5.41, 5.74) is 0.933. The van der Waals surface area contributed by atoms with E-state index in [0.29, 0.717) is 19.5 Å². The van der Waals surface area contributed by atoms with Crippen molar-refractivity contribution in [2.75, 3.05) is 26.2 Å². The minimum Gasteiger partial charge on any atom is -0.355 e. The summed E-state index contributed by atoms with van der Waals surface area (Å²) in [6.07, 6.45) is 7.96. The van der Waals surface area contributed by atoms with Crippen LogP contribution in [0.2, 0.25) is 0 Å². The zero-order valence-corrected chi connectivity index (χ0v) is 18.8. The fourth-order valence-corrected chi connectivity index (χ4v) is 4.89. The first-order valence-electron chi connectivity index (χ1n) is 11.2. The first-order chi connectivity index (χ1) is 14.8. The molecule has 0 atom stereocenters. The Balaban J connectivity index is 1.31. The van der Waals surface area contributed by atoms with Crippen LogP contribution in [0.5, 0.6) is 0 Å². The standard InChI is InChI=1S/C22H34N4O4S/c23-31(29,30)20-8-6-17(7-9-20)10-13-24-21(27)16-26-14-11-19(12-15-26)25-22(28)18-4-2-1-3-5-18/h6-9,18-19H,1-5,10-16H2,(H,24,27)(H,25,28)(H2,23,29,30). The van der Waals surface area contributed by atoms with Gasteiger partial charge in [-0.1, -0.05) is 31.4 Å². The third-order valence-corrected chi connectivity index (χ3v) is 7.19. The van der Waals surface area contributed by atoms with E-state index in [-0.39, 0.29) is 28.7 Å². The number of benzene rings is 1. The number of hydrogen-bond donors (Lipinski definition) is 3. The van der Waals surface area contributed by atoms with Gasteiger partial charge < -0.3 is 10.6 Å². The van der Waals surface area contributed by atoms with Gasteiger partial charge in [-0.05, 0) is 49.8 Å². The molecule has 0 aromatic heterocycles. The van der Waals surface area contributed by atoms with Crippen molar-refractivity contribution in [1.82, 2.24) is 15.5 Å². The molecular formula is C22H34N4O4S. The Morgan fingerprint density at radius 3 is 2.26 bits per heavy atom. The summed E-state index contributed by atoms with van der Waals surface area (Å²) in [5.74, 6) is 0.382. The minimum absolute atomic E-state index is 0.0224. The van der Waals surface area contributed by atoms with Crippen LogP contribution < -0.4 is 15.8 Å². The van der Waals surface area contributed by atoms with Crippen molar-refractivity contribution in [3.63, 3.8) is 0 Å². The molecule has 4 N–H and O–H groups in total. The second-order valence-corrected chi connectivity index (χ2v) is 10.2. The van der Waals surface area contributed by atoms with Crippen LogP contribution in [0.3, 0.4) is 0 Å². The number of piperidine rings is 1. The summed E-state index contributed by atoms with van der Waals surface area (Å²) in [6.45, 7) is 2.45. The summed E-state index contributed by atoms with van der Waals surface area (Å²) < 4.78 is 22.6. The van der Waals surface area contributed by atoms with Crippen molar-refractivity contribution in [2.45, 2.75) is 62.3 Å². The predicted octanol–water partition coefficient (Wildman–Crippen LogP) is 1.15. The zero-order chi connectivity index (χ0) is 22.3. The number of amides is 2. The van der Waals surface area contributed by atoms with Crippen LogP contribution in [0.4, 0.5) is 0 Å². The van der Waals surface area contributed by atoms with Crippen LogP contribution in [-0.2, 0) is 26.0 Å². The highest BCUT2D eigenvalue weighted by Gasteiger charge is 2.26. The van der Waals surface area contributed by atoms with E-state index in [4.69, 9.17) is 5.14 Å². The SMILES string of the molecule is NS(=O)(=O)c1ccc(CCNC(=O)CN2CCC(NC(=O)C3CCCCC3)CC2)cc1. The van der Waals surface area contributed by atoms with Crippen molar-refractivity contribution < 1.29 is 18.0 Å². The van der Waals surface area contributed by atoms with E-state index in [2.05, 4.69) is 15.5 Å². The molecule has 1 aliphatic carbocycles. The molecule has 0 radical (unpaired) electrons. The van der Waals surface area contributed by atoms with Gasteiger partial charge in [0, 0.05) is 31.6 Å². The van der Waals surface area contributed by atoms with Crippen LogP contribution in [0.15, 0.2) is 29.2 Å². The van der Waals surface area contributed by atoms with E-state index < -0.39 is 10.0 Å². The molecule has 2 aliphatic rings. The number of primary sulfonamides is 1. The lowest BCUT2D eigenvalue weighted by molar-refractivity contribution is -0.127. The maximum atomic E-state index is 12.4. The van der Waals surface area contributed by atoms with Gasteiger partial charge in [0.15, 0.2) is 0 Å². The Kier molecular flexibility index (Phi) is 8.45. The zero-order valence-electron chi connectivity index (χ0n) is 18.0. The minimum atomic E-state index is -3.69. The van der Waals surface area contributed by atoms with Crippen molar-refractivity contribution in [3.05, 3.63) is 29.8 Å². The molecule has 9 heteroatoms. The monoisotopic (exact) mass is 450 g/mol. The van der Waals surface area contributed by atoms with Crippen LogP contribution in [0.25, 0.3) is 0 Å². The fraction of sp³-hybridized carbons (Fsp3) is 0.636. The summed E-state index contributed by atoms with van der Waals surface area (Å²) in [6, 6.07) is 6.58. The van der Waals surface area contributed by atoms with Gasteiger partial charge in [0.1, 0.15) is 0 Å². The van der Waals surface area contributed by atoms with Gasteiger partial charge in [-0.2, -0.15) is 0 Å². The molecule has 2 amide bonds. The van der Waals surface area contributed by atoms with Crippen LogP contribution in [0, 0.1) is 5.92 Å². The van der Waals surface area contributed by atoms with E-state index in [9.17, 15) is 18.0 Å². The van der Waals surface area contributed by atoms with Gasteiger partial charge in [0.25, 0.3) is 0 Å². The number of carbonyl (C=O) groups excluding carboxylic acids is 2. The molecule has 1 aromatic rings. The topological polar surface area (TPSA) is 122 Å². The lowest BCUT2D eigenvalue weighted by atomic mass is 9.88.